The summed E-state index contributed by atoms with van der Waals surface area (Å²) in [5.41, 5.74) is -1.73. The van der Waals surface area contributed by atoms with Crippen molar-refractivity contribution >= 4 is 17.8 Å². The van der Waals surface area contributed by atoms with Gasteiger partial charge in [0.2, 0.25) is 5.79 Å². The molecule has 0 aromatic rings. The zero-order chi connectivity index (χ0) is 41.4. The third-order valence-electron chi connectivity index (χ3n) is 14.5. The standard InChI is InChI=1S/C43H71NO12/c1-11-29(38(47)48)32-16-14-15-31(52-32)26(6)35(45)27(7)36(46)30(12-2)37-24(4)23-25(5)42(54-37)20-18-34(53-39(49)44-10)43(56-42)22-21-40(9,55-43)33-17-19-41(50,13-3)28(8)51-33/h18,20,24-35,37,45,50H,11-17,19,21-23H2,1-10H3,(H,44,49)(H,47,48)/t24-,25+,26+,27-,28-,29+,30-,31+,32+,33+,34+,35-,37-,40-,41+,42-,43-/m0/s1. The van der Waals surface area contributed by atoms with Crippen molar-refractivity contribution in [3.63, 3.8) is 0 Å². The Bertz CT molecular complexity index is 1430. The predicted octanol–water partition coefficient (Wildman–Crippen LogP) is 6.31. The van der Waals surface area contributed by atoms with Crippen molar-refractivity contribution in [3.8, 4) is 0 Å². The number of aliphatic hydroxyl groups excluding tert-OH is 1. The first-order chi connectivity index (χ1) is 26.3. The van der Waals surface area contributed by atoms with Crippen LogP contribution < -0.4 is 5.32 Å². The number of amides is 1. The van der Waals surface area contributed by atoms with Crippen LogP contribution in [0.1, 0.15) is 133 Å². The highest BCUT2D eigenvalue weighted by Crippen LogP contribution is 2.54. The van der Waals surface area contributed by atoms with Crippen molar-refractivity contribution in [1.82, 2.24) is 5.32 Å². The lowest BCUT2D eigenvalue weighted by molar-refractivity contribution is -0.408. The van der Waals surface area contributed by atoms with Crippen LogP contribution in [0.25, 0.3) is 0 Å². The Morgan fingerprint density at radius 2 is 1.62 bits per heavy atom. The highest BCUT2D eigenvalue weighted by molar-refractivity contribution is 5.84. The summed E-state index contributed by atoms with van der Waals surface area (Å²) in [6, 6.07) is 0. The molecule has 0 bridgehead atoms. The summed E-state index contributed by atoms with van der Waals surface area (Å²) in [4.78, 5) is 39.0. The molecular weight excluding hydrogens is 722 g/mol. The van der Waals surface area contributed by atoms with Gasteiger partial charge in [0.25, 0.3) is 0 Å². The second kappa shape index (κ2) is 17.6. The van der Waals surface area contributed by atoms with Crippen molar-refractivity contribution in [1.29, 1.82) is 0 Å². The van der Waals surface area contributed by atoms with Gasteiger partial charge in [-0.05, 0) is 96.1 Å². The molecule has 0 saturated carbocycles. The zero-order valence-electron chi connectivity index (χ0n) is 35.5. The van der Waals surface area contributed by atoms with Gasteiger partial charge in [0.05, 0.1) is 53.7 Å². The van der Waals surface area contributed by atoms with Gasteiger partial charge in [-0.25, -0.2) is 4.79 Å². The van der Waals surface area contributed by atoms with E-state index in [4.69, 9.17) is 28.4 Å². The summed E-state index contributed by atoms with van der Waals surface area (Å²) in [5.74, 6) is -6.16. The fourth-order valence-corrected chi connectivity index (χ4v) is 10.4. The molecule has 13 heteroatoms. The minimum absolute atomic E-state index is 0.0206. The Hall–Kier alpha value is -2.13. The number of nitrogens with one attached hydrogen (secondary N) is 1. The fourth-order valence-electron chi connectivity index (χ4n) is 10.4. The number of aliphatic hydroxyl groups is 2. The van der Waals surface area contributed by atoms with E-state index in [1.165, 1.54) is 7.05 Å². The third-order valence-corrected chi connectivity index (χ3v) is 14.5. The molecular formula is C43H71NO12. The first kappa shape index (κ1) is 45.0. The van der Waals surface area contributed by atoms with Gasteiger partial charge >= 0.3 is 12.1 Å². The summed E-state index contributed by atoms with van der Waals surface area (Å²) in [5, 5.41) is 35.1. The maximum Gasteiger partial charge on any atom is 0.407 e. The number of Topliss-reactive ketones (excluding diaryl/α,β-unsaturated/α-hetero) is 1. The lowest BCUT2D eigenvalue weighted by Crippen LogP contribution is -2.63. The molecule has 0 unspecified atom stereocenters. The Morgan fingerprint density at radius 1 is 0.946 bits per heavy atom. The summed E-state index contributed by atoms with van der Waals surface area (Å²) < 4.78 is 39.7. The van der Waals surface area contributed by atoms with Crippen molar-refractivity contribution in [2.45, 2.75) is 198 Å². The number of ether oxygens (including phenoxy) is 6. The molecule has 320 valence electrons. The number of carboxylic acids is 1. The van der Waals surface area contributed by atoms with E-state index < -0.39 is 83.1 Å². The Labute approximate surface area is 333 Å². The van der Waals surface area contributed by atoms with Crippen LogP contribution in [0.4, 0.5) is 4.79 Å². The number of carboxylic acid groups (broad SMARTS) is 1. The topological polar surface area (TPSA) is 179 Å². The maximum absolute atomic E-state index is 14.5. The molecule has 5 aliphatic heterocycles. The lowest BCUT2D eigenvalue weighted by Gasteiger charge is -2.54. The van der Waals surface area contributed by atoms with E-state index >= 15 is 0 Å². The zero-order valence-corrected chi connectivity index (χ0v) is 35.5. The number of hydrogen-bond donors (Lipinski definition) is 4. The normalized spacial score (nSPS) is 42.8. The Morgan fingerprint density at radius 3 is 2.23 bits per heavy atom. The Balaban J connectivity index is 1.36. The number of carbonyl (C=O) groups is 3. The van der Waals surface area contributed by atoms with E-state index in [9.17, 15) is 29.7 Å². The van der Waals surface area contributed by atoms with Crippen LogP contribution >= 0.6 is 0 Å². The van der Waals surface area contributed by atoms with Gasteiger partial charge in [-0.3, -0.25) is 9.59 Å². The number of hydrogen-bond acceptors (Lipinski definition) is 11. The third kappa shape index (κ3) is 8.61. The molecule has 2 spiro atoms. The molecule has 4 fully saturated rings. The maximum atomic E-state index is 14.5. The second-order valence-electron chi connectivity index (χ2n) is 18.0. The van der Waals surface area contributed by atoms with Gasteiger partial charge in [0.1, 0.15) is 5.78 Å². The van der Waals surface area contributed by atoms with E-state index in [1.54, 1.807) is 13.0 Å². The van der Waals surface area contributed by atoms with Crippen LogP contribution in [-0.4, -0.2) is 106 Å². The Kier molecular flexibility index (Phi) is 14.1. The predicted molar refractivity (Wildman–Crippen MR) is 207 cm³/mol. The molecule has 56 heavy (non-hydrogen) atoms. The fraction of sp³-hybridized carbons (Fsp3) is 0.884. The summed E-state index contributed by atoms with van der Waals surface area (Å²) in [7, 11) is 1.49. The molecule has 4 saturated heterocycles. The average Bonchev–Trinajstić information content (AvgIpc) is 3.52. The molecule has 0 aliphatic carbocycles. The minimum atomic E-state index is -1.42. The molecule has 0 aromatic carbocycles. The number of alkyl carbamates (subject to hydrolysis) is 1. The molecule has 0 aromatic heterocycles. The SMILES string of the molecule is CC[C@@H](C(=O)[C@@H](C)[C@@H](O)[C@H](C)[C@H]1CCC[C@H]([C@@H](CC)C(=O)O)O1)[C@H]1O[C@]2(C=C[C@@H](OC(=O)NC)[C@]3(CC[C@@](C)([C@H]4CC[C@](O)(CC)[C@H](C)O4)O3)O2)[C@H](C)C[C@@H]1C. The van der Waals surface area contributed by atoms with Gasteiger partial charge in [-0.15, -0.1) is 0 Å². The number of carbonyl (C=O) groups excluding carboxylic acids is 2. The van der Waals surface area contributed by atoms with Crippen molar-refractivity contribution in [2.75, 3.05) is 7.05 Å². The van der Waals surface area contributed by atoms with Gasteiger partial charge in [-0.1, -0.05) is 48.5 Å². The van der Waals surface area contributed by atoms with Crippen LogP contribution in [0, 0.1) is 35.5 Å². The van der Waals surface area contributed by atoms with Crippen LogP contribution in [0.3, 0.4) is 0 Å². The largest absolute Gasteiger partial charge is 0.481 e. The first-order valence-electron chi connectivity index (χ1n) is 21.5. The van der Waals surface area contributed by atoms with Gasteiger partial charge in [0.15, 0.2) is 11.9 Å². The van der Waals surface area contributed by atoms with Crippen LogP contribution in [0.2, 0.25) is 0 Å². The van der Waals surface area contributed by atoms with E-state index in [2.05, 4.69) is 19.2 Å². The van der Waals surface area contributed by atoms with Crippen LogP contribution in [0.5, 0.6) is 0 Å². The summed E-state index contributed by atoms with van der Waals surface area (Å²) in [6.07, 6.45) is 5.43. The van der Waals surface area contributed by atoms with E-state index in [-0.39, 0.29) is 35.7 Å². The quantitative estimate of drug-likeness (QED) is 0.153. The van der Waals surface area contributed by atoms with E-state index in [0.29, 0.717) is 64.2 Å². The van der Waals surface area contributed by atoms with Crippen molar-refractivity contribution in [2.24, 2.45) is 35.5 Å². The van der Waals surface area contributed by atoms with E-state index in [0.717, 1.165) is 6.42 Å². The number of aliphatic carboxylic acids is 1. The van der Waals surface area contributed by atoms with Gasteiger partial charge < -0.3 is 49.1 Å². The monoisotopic (exact) mass is 793 g/mol. The molecule has 5 heterocycles. The molecule has 4 N–H and O–H groups in total. The summed E-state index contributed by atoms with van der Waals surface area (Å²) >= 11 is 0. The molecule has 13 nitrogen and oxygen atoms in total. The molecule has 5 aliphatic rings. The molecule has 0 radical (unpaired) electrons. The van der Waals surface area contributed by atoms with Gasteiger partial charge in [0, 0.05) is 37.1 Å². The highest BCUT2D eigenvalue weighted by atomic mass is 16.8. The van der Waals surface area contributed by atoms with E-state index in [1.807, 2.05) is 47.6 Å². The molecule has 1 amide bonds. The minimum Gasteiger partial charge on any atom is -0.481 e. The molecule has 17 atom stereocenters. The first-order valence-corrected chi connectivity index (χ1v) is 21.5. The van der Waals surface area contributed by atoms with Crippen LogP contribution in [0.15, 0.2) is 12.2 Å². The molecule has 5 rings (SSSR count). The second-order valence-corrected chi connectivity index (χ2v) is 18.0. The number of ketones is 1. The smallest absolute Gasteiger partial charge is 0.407 e. The van der Waals surface area contributed by atoms with Crippen molar-refractivity contribution < 1.29 is 58.1 Å². The average molecular weight is 794 g/mol. The number of rotatable bonds is 13. The highest BCUT2D eigenvalue weighted by Gasteiger charge is 2.64. The van der Waals surface area contributed by atoms with Crippen LogP contribution in [-0.2, 0) is 38.0 Å². The van der Waals surface area contributed by atoms with Gasteiger partial charge in [-0.2, -0.15) is 0 Å². The lowest BCUT2D eigenvalue weighted by atomic mass is 9.73. The van der Waals surface area contributed by atoms with Crippen molar-refractivity contribution in [3.05, 3.63) is 12.2 Å². The summed E-state index contributed by atoms with van der Waals surface area (Å²) in [6.45, 7) is 17.4.